The molecule has 29 heavy (non-hydrogen) atoms. The van der Waals surface area contributed by atoms with E-state index in [2.05, 4.69) is 27.4 Å². The summed E-state index contributed by atoms with van der Waals surface area (Å²) in [5, 5.41) is 6.78. The van der Waals surface area contributed by atoms with Gasteiger partial charge in [0, 0.05) is 52.4 Å². The van der Waals surface area contributed by atoms with Gasteiger partial charge in [0.25, 0.3) is 0 Å². The van der Waals surface area contributed by atoms with Crippen LogP contribution >= 0.6 is 0 Å². The lowest BCUT2D eigenvalue weighted by Gasteiger charge is -2.20. The van der Waals surface area contributed by atoms with Crippen molar-refractivity contribution < 1.29 is 14.3 Å². The Hall–Kier alpha value is -2.48. The Morgan fingerprint density at radius 1 is 1.24 bits per heavy atom. The Kier molecular flexibility index (Phi) is 9.05. The number of ether oxygens (including phenoxy) is 2. The molecule has 0 radical (unpaired) electrons. The minimum absolute atomic E-state index is 0.0115. The van der Waals surface area contributed by atoms with Crippen LogP contribution in [0.5, 0.6) is 11.5 Å². The van der Waals surface area contributed by atoms with E-state index >= 15 is 0 Å². The highest BCUT2D eigenvalue weighted by Gasteiger charge is 2.23. The highest BCUT2D eigenvalue weighted by molar-refractivity contribution is 5.84. The molecule has 1 aromatic carbocycles. The van der Waals surface area contributed by atoms with Gasteiger partial charge in [-0.05, 0) is 30.5 Å². The molecular formula is C21H35N5O3. The van der Waals surface area contributed by atoms with E-state index in [0.29, 0.717) is 12.0 Å². The zero-order valence-corrected chi connectivity index (χ0v) is 18.3. The molecule has 0 aliphatic carbocycles. The second kappa shape index (κ2) is 11.5. The summed E-state index contributed by atoms with van der Waals surface area (Å²) >= 11 is 0. The molecule has 2 N–H and O–H groups in total. The van der Waals surface area contributed by atoms with Crippen molar-refractivity contribution in [1.29, 1.82) is 0 Å². The van der Waals surface area contributed by atoms with Crippen LogP contribution in [-0.4, -0.2) is 82.2 Å². The number of likely N-dealkylation sites (tertiary alicyclic amines) is 1. The lowest BCUT2D eigenvalue weighted by atomic mass is 10.2. The number of likely N-dealkylation sites (N-methyl/N-ethyl adjacent to an activating group) is 1. The van der Waals surface area contributed by atoms with Gasteiger partial charge in [-0.25, -0.2) is 4.99 Å². The number of guanidine groups is 1. The summed E-state index contributed by atoms with van der Waals surface area (Å²) in [5.41, 5.74) is 1.16. The van der Waals surface area contributed by atoms with Gasteiger partial charge in [-0.1, -0.05) is 6.92 Å². The lowest BCUT2D eigenvalue weighted by molar-refractivity contribution is -0.127. The summed E-state index contributed by atoms with van der Waals surface area (Å²) in [7, 11) is 6.82. The van der Waals surface area contributed by atoms with E-state index in [0.717, 1.165) is 56.1 Å². The summed E-state index contributed by atoms with van der Waals surface area (Å²) in [6.45, 7) is 5.81. The van der Waals surface area contributed by atoms with Crippen molar-refractivity contribution in [2.75, 3.05) is 54.5 Å². The van der Waals surface area contributed by atoms with Crippen molar-refractivity contribution in [3.05, 3.63) is 23.8 Å². The third-order valence-corrected chi connectivity index (χ3v) is 4.84. The predicted molar refractivity (Wildman–Crippen MR) is 116 cm³/mol. The monoisotopic (exact) mass is 405 g/mol. The lowest BCUT2D eigenvalue weighted by Crippen LogP contribution is -2.45. The summed E-state index contributed by atoms with van der Waals surface area (Å²) in [4.78, 5) is 20.3. The molecule has 8 nitrogen and oxygen atoms in total. The summed E-state index contributed by atoms with van der Waals surface area (Å²) in [5.74, 6) is 2.30. The topological polar surface area (TPSA) is 78.4 Å². The maximum Gasteiger partial charge on any atom is 0.243 e. The van der Waals surface area contributed by atoms with Gasteiger partial charge in [-0.2, -0.15) is 0 Å². The molecule has 1 aromatic rings. The summed E-state index contributed by atoms with van der Waals surface area (Å²) < 4.78 is 10.7. The van der Waals surface area contributed by atoms with Gasteiger partial charge in [-0.15, -0.1) is 0 Å². The highest BCUT2D eigenvalue weighted by Crippen LogP contribution is 2.24. The van der Waals surface area contributed by atoms with Crippen LogP contribution in [0, 0.1) is 0 Å². The van der Waals surface area contributed by atoms with E-state index in [1.165, 1.54) is 0 Å². The molecule has 1 unspecified atom stereocenters. The van der Waals surface area contributed by atoms with E-state index in [9.17, 15) is 4.79 Å². The van der Waals surface area contributed by atoms with E-state index in [-0.39, 0.29) is 12.5 Å². The van der Waals surface area contributed by atoms with Crippen LogP contribution < -0.4 is 20.1 Å². The highest BCUT2D eigenvalue weighted by atomic mass is 16.5. The first kappa shape index (κ1) is 22.8. The molecule has 0 spiro atoms. The van der Waals surface area contributed by atoms with E-state index < -0.39 is 0 Å². The van der Waals surface area contributed by atoms with Crippen LogP contribution in [0.4, 0.5) is 0 Å². The Balaban J connectivity index is 1.94. The zero-order chi connectivity index (χ0) is 21.2. The molecule has 1 aliphatic rings. The predicted octanol–water partition coefficient (Wildman–Crippen LogP) is 1.31. The third kappa shape index (κ3) is 7.45. The number of nitrogens with zero attached hydrogens (tertiary/aromatic N) is 3. The van der Waals surface area contributed by atoms with Gasteiger partial charge >= 0.3 is 0 Å². The van der Waals surface area contributed by atoms with Crippen LogP contribution in [-0.2, 0) is 11.3 Å². The summed E-state index contributed by atoms with van der Waals surface area (Å²) in [6.07, 6.45) is 2.02. The number of rotatable bonds is 9. The maximum absolute atomic E-state index is 11.9. The van der Waals surface area contributed by atoms with Gasteiger partial charge in [-0.3, -0.25) is 9.69 Å². The number of nitrogens with one attached hydrogen (secondary N) is 2. The van der Waals surface area contributed by atoms with Crippen LogP contribution in [0.1, 0.15) is 25.3 Å². The van der Waals surface area contributed by atoms with E-state index in [1.807, 2.05) is 18.2 Å². The Labute approximate surface area is 174 Å². The number of amides is 1. The fourth-order valence-electron chi connectivity index (χ4n) is 3.19. The van der Waals surface area contributed by atoms with Crippen LogP contribution in [0.25, 0.3) is 0 Å². The van der Waals surface area contributed by atoms with Crippen molar-refractivity contribution in [1.82, 2.24) is 20.4 Å². The van der Waals surface area contributed by atoms with Crippen molar-refractivity contribution >= 4 is 11.9 Å². The molecule has 1 heterocycles. The minimum atomic E-state index is -0.0115. The normalized spacial score (nSPS) is 17.1. The molecule has 1 saturated heterocycles. The van der Waals surface area contributed by atoms with E-state index in [1.54, 1.807) is 33.2 Å². The number of aliphatic imine (C=N–C) groups is 1. The van der Waals surface area contributed by atoms with Gasteiger partial charge in [0.2, 0.25) is 5.91 Å². The number of carbonyl (C=O) groups is 1. The number of benzene rings is 1. The third-order valence-electron chi connectivity index (χ3n) is 4.84. The number of methoxy groups -OCH3 is 2. The molecule has 1 aliphatic heterocycles. The number of hydrogen-bond acceptors (Lipinski definition) is 5. The first-order valence-corrected chi connectivity index (χ1v) is 10.1. The average molecular weight is 406 g/mol. The van der Waals surface area contributed by atoms with Crippen molar-refractivity contribution in [2.24, 2.45) is 4.99 Å². The van der Waals surface area contributed by atoms with Crippen molar-refractivity contribution in [2.45, 2.75) is 32.4 Å². The Morgan fingerprint density at radius 2 is 1.93 bits per heavy atom. The van der Waals surface area contributed by atoms with E-state index in [4.69, 9.17) is 9.47 Å². The van der Waals surface area contributed by atoms with Gasteiger partial charge in [0.05, 0.1) is 14.2 Å². The second-order valence-corrected chi connectivity index (χ2v) is 7.47. The fourth-order valence-corrected chi connectivity index (χ4v) is 3.19. The average Bonchev–Trinajstić information content (AvgIpc) is 3.15. The largest absolute Gasteiger partial charge is 0.497 e. The molecule has 1 fully saturated rings. The number of carbonyl (C=O) groups excluding carboxylic acids is 1. The van der Waals surface area contributed by atoms with Gasteiger partial charge in [0.15, 0.2) is 5.96 Å². The quantitative estimate of drug-likeness (QED) is 0.477. The van der Waals surface area contributed by atoms with Gasteiger partial charge < -0.3 is 25.0 Å². The molecule has 0 bridgehead atoms. The van der Waals surface area contributed by atoms with Gasteiger partial charge in [0.1, 0.15) is 18.0 Å². The van der Waals surface area contributed by atoms with Crippen molar-refractivity contribution in [3.8, 4) is 11.5 Å². The van der Waals surface area contributed by atoms with Crippen LogP contribution in [0.2, 0.25) is 0 Å². The zero-order valence-electron chi connectivity index (χ0n) is 18.3. The molecule has 2 rings (SSSR count). The molecule has 162 valence electrons. The molecule has 8 heteroatoms. The molecule has 0 saturated carbocycles. The second-order valence-electron chi connectivity index (χ2n) is 7.47. The Morgan fingerprint density at radius 3 is 2.52 bits per heavy atom. The fraction of sp³-hybridized carbons (Fsp3) is 0.619. The smallest absolute Gasteiger partial charge is 0.243 e. The first-order chi connectivity index (χ1) is 13.9. The first-order valence-electron chi connectivity index (χ1n) is 10.1. The summed E-state index contributed by atoms with van der Waals surface area (Å²) in [6, 6.07) is 6.27. The SMILES string of the molecule is CCCNC(=NCC(=O)N(C)C)NC1CCN(Cc2cc(OC)cc(OC)c2)C1. The molecule has 1 amide bonds. The Bertz CT molecular complexity index is 671. The molecular weight excluding hydrogens is 370 g/mol. The van der Waals surface area contributed by atoms with Crippen LogP contribution in [0.3, 0.4) is 0 Å². The maximum atomic E-state index is 11.9. The van der Waals surface area contributed by atoms with Crippen molar-refractivity contribution in [3.63, 3.8) is 0 Å². The molecule has 0 aromatic heterocycles. The standard InChI is InChI=1S/C21H35N5O3/c1-6-8-22-21(23-13-20(27)25(2)3)24-17-7-9-26(15-17)14-16-10-18(28-4)12-19(11-16)29-5/h10-12,17H,6-9,13-15H2,1-5H3,(H2,22,23,24). The minimum Gasteiger partial charge on any atom is -0.497 e. The molecule has 1 atom stereocenters. The number of hydrogen-bond donors (Lipinski definition) is 2. The van der Waals surface area contributed by atoms with Crippen LogP contribution in [0.15, 0.2) is 23.2 Å².